The molecule has 2 aliphatic heterocycles. The molecule has 0 radical (unpaired) electrons. The first-order valence-corrected chi connectivity index (χ1v) is 10.4. The van der Waals surface area contributed by atoms with Crippen LogP contribution in [-0.4, -0.2) is 62.8 Å². The molecule has 1 N–H and O–H groups in total. The van der Waals surface area contributed by atoms with E-state index < -0.39 is 5.54 Å². The van der Waals surface area contributed by atoms with Gasteiger partial charge in [0.25, 0.3) is 5.91 Å². The number of likely N-dealkylation sites (tertiary alicyclic amines) is 1. The van der Waals surface area contributed by atoms with E-state index in [-0.39, 0.29) is 24.4 Å². The van der Waals surface area contributed by atoms with Crippen LogP contribution in [0, 0.1) is 0 Å². The van der Waals surface area contributed by atoms with Crippen molar-refractivity contribution in [3.63, 3.8) is 0 Å². The van der Waals surface area contributed by atoms with Gasteiger partial charge in [0.1, 0.15) is 11.4 Å². The van der Waals surface area contributed by atoms with Crippen LogP contribution in [0.4, 0.5) is 4.79 Å². The molecule has 8 nitrogen and oxygen atoms in total. The Bertz CT molecular complexity index is 784. The van der Waals surface area contributed by atoms with Crippen molar-refractivity contribution in [1.82, 2.24) is 25.1 Å². The molecule has 2 saturated heterocycles. The number of hydrogen-bond donors (Lipinski definition) is 1. The highest BCUT2D eigenvalue weighted by atomic mass is 16.2. The van der Waals surface area contributed by atoms with E-state index in [0.717, 1.165) is 24.4 Å². The number of amides is 4. The molecule has 0 aromatic carbocycles. The predicted octanol–water partition coefficient (Wildman–Crippen LogP) is 2.42. The summed E-state index contributed by atoms with van der Waals surface area (Å²) in [7, 11) is 0. The molecule has 158 valence electrons. The number of piperidine rings is 1. The van der Waals surface area contributed by atoms with Crippen molar-refractivity contribution in [2.75, 3.05) is 19.6 Å². The van der Waals surface area contributed by atoms with E-state index in [0.29, 0.717) is 37.8 Å². The maximum Gasteiger partial charge on any atom is 0.325 e. The number of carbonyl (C=O) groups is 3. The minimum absolute atomic E-state index is 0.0836. The largest absolute Gasteiger partial charge is 0.343 e. The highest BCUT2D eigenvalue weighted by Crippen LogP contribution is 2.27. The number of imide groups is 1. The Hall–Kier alpha value is -2.51. The van der Waals surface area contributed by atoms with Crippen LogP contribution in [0.15, 0.2) is 12.3 Å². The molecule has 4 amide bonds. The molecule has 29 heavy (non-hydrogen) atoms. The predicted molar refractivity (Wildman–Crippen MR) is 108 cm³/mol. The zero-order valence-corrected chi connectivity index (χ0v) is 17.8. The molecule has 0 atom stereocenters. The summed E-state index contributed by atoms with van der Waals surface area (Å²) in [5.41, 5.74) is 0.205. The molecule has 2 fully saturated rings. The van der Waals surface area contributed by atoms with Crippen LogP contribution in [0.2, 0.25) is 0 Å². The van der Waals surface area contributed by atoms with Crippen molar-refractivity contribution in [1.29, 1.82) is 0 Å². The van der Waals surface area contributed by atoms with Gasteiger partial charge in [0.05, 0.1) is 0 Å². The smallest absolute Gasteiger partial charge is 0.325 e. The minimum atomic E-state index is -0.862. The number of hydrogen-bond acceptors (Lipinski definition) is 5. The average molecular weight is 402 g/mol. The van der Waals surface area contributed by atoms with E-state index in [1.54, 1.807) is 13.8 Å². The SMILES string of the molecule is CC(C)c1nccc(C2CCN(C(=O)CCCN3C(=O)NC(C)(C)C3=O)CC2)n1. The molecule has 0 spiro atoms. The summed E-state index contributed by atoms with van der Waals surface area (Å²) < 4.78 is 0. The molecular weight excluding hydrogens is 370 g/mol. The topological polar surface area (TPSA) is 95.5 Å². The van der Waals surface area contributed by atoms with Gasteiger partial charge in [-0.05, 0) is 39.2 Å². The Morgan fingerprint density at radius 3 is 2.55 bits per heavy atom. The molecule has 2 aliphatic rings. The zero-order chi connectivity index (χ0) is 21.2. The maximum absolute atomic E-state index is 12.5. The van der Waals surface area contributed by atoms with Crippen molar-refractivity contribution in [2.45, 2.75) is 70.8 Å². The number of rotatable bonds is 6. The van der Waals surface area contributed by atoms with Gasteiger partial charge in [-0.15, -0.1) is 0 Å². The fraction of sp³-hybridized carbons (Fsp3) is 0.667. The van der Waals surface area contributed by atoms with Gasteiger partial charge in [0, 0.05) is 49.8 Å². The van der Waals surface area contributed by atoms with Gasteiger partial charge in [-0.3, -0.25) is 14.5 Å². The number of urea groups is 1. The standard InChI is InChI=1S/C21H31N5O3/c1-14(2)18-22-10-7-16(23-18)15-8-12-25(13-9-15)17(27)6-5-11-26-19(28)21(3,4)24-20(26)29/h7,10,14-15H,5-6,8-9,11-13H2,1-4H3,(H,24,29). The first kappa shape index (κ1) is 21.2. The van der Waals surface area contributed by atoms with E-state index in [1.807, 2.05) is 17.2 Å². The lowest BCUT2D eigenvalue weighted by Crippen LogP contribution is -2.40. The lowest BCUT2D eigenvalue weighted by molar-refractivity contribution is -0.133. The first-order valence-electron chi connectivity index (χ1n) is 10.4. The monoisotopic (exact) mass is 401 g/mol. The molecule has 1 aromatic heterocycles. The normalized spacial score (nSPS) is 19.8. The van der Waals surface area contributed by atoms with Crippen molar-refractivity contribution in [2.24, 2.45) is 0 Å². The molecule has 8 heteroatoms. The summed E-state index contributed by atoms with van der Waals surface area (Å²) in [5.74, 6) is 1.37. The summed E-state index contributed by atoms with van der Waals surface area (Å²) in [6, 6.07) is 1.60. The van der Waals surface area contributed by atoms with E-state index in [9.17, 15) is 14.4 Å². The van der Waals surface area contributed by atoms with Gasteiger partial charge in [-0.25, -0.2) is 14.8 Å². The van der Waals surface area contributed by atoms with Crippen molar-refractivity contribution in [3.8, 4) is 0 Å². The lowest BCUT2D eigenvalue weighted by atomic mass is 9.93. The molecular formula is C21H31N5O3. The van der Waals surface area contributed by atoms with Crippen LogP contribution >= 0.6 is 0 Å². The zero-order valence-electron chi connectivity index (χ0n) is 17.8. The van der Waals surface area contributed by atoms with Crippen molar-refractivity contribution >= 4 is 17.8 Å². The summed E-state index contributed by atoms with van der Waals surface area (Å²) in [5, 5.41) is 2.66. The van der Waals surface area contributed by atoms with Gasteiger partial charge in [0.15, 0.2) is 0 Å². The summed E-state index contributed by atoms with van der Waals surface area (Å²) in [6.45, 7) is 9.23. The van der Waals surface area contributed by atoms with Gasteiger partial charge in [-0.1, -0.05) is 13.8 Å². The third kappa shape index (κ3) is 4.74. The summed E-state index contributed by atoms with van der Waals surface area (Å²) in [4.78, 5) is 48.8. The van der Waals surface area contributed by atoms with E-state index in [2.05, 4.69) is 24.1 Å². The van der Waals surface area contributed by atoms with Crippen molar-refractivity contribution < 1.29 is 14.4 Å². The maximum atomic E-state index is 12.5. The van der Waals surface area contributed by atoms with Gasteiger partial charge >= 0.3 is 6.03 Å². The van der Waals surface area contributed by atoms with E-state index in [1.165, 1.54) is 4.90 Å². The van der Waals surface area contributed by atoms with Crippen LogP contribution in [0.3, 0.4) is 0 Å². The summed E-state index contributed by atoms with van der Waals surface area (Å²) in [6.07, 6.45) is 4.43. The number of nitrogens with zero attached hydrogens (tertiary/aromatic N) is 4. The van der Waals surface area contributed by atoms with Crippen LogP contribution < -0.4 is 5.32 Å². The molecule has 3 rings (SSSR count). The van der Waals surface area contributed by atoms with Crippen molar-refractivity contribution in [3.05, 3.63) is 23.8 Å². The van der Waals surface area contributed by atoms with Crippen LogP contribution in [0.25, 0.3) is 0 Å². The number of aromatic nitrogens is 2. The average Bonchev–Trinajstić information content (AvgIpc) is 2.89. The molecule has 3 heterocycles. The number of nitrogens with one attached hydrogen (secondary N) is 1. The van der Waals surface area contributed by atoms with E-state index >= 15 is 0 Å². The first-order chi connectivity index (χ1) is 13.7. The third-order valence-electron chi connectivity index (χ3n) is 5.69. The second-order valence-electron chi connectivity index (χ2n) is 8.76. The Balaban J connectivity index is 1.45. The Labute approximate surface area is 172 Å². The molecule has 0 aliphatic carbocycles. The lowest BCUT2D eigenvalue weighted by Gasteiger charge is -2.32. The minimum Gasteiger partial charge on any atom is -0.343 e. The van der Waals surface area contributed by atoms with Crippen LogP contribution in [0.5, 0.6) is 0 Å². The Morgan fingerprint density at radius 1 is 1.28 bits per heavy atom. The molecule has 0 saturated carbocycles. The molecule has 0 bridgehead atoms. The fourth-order valence-corrected chi connectivity index (χ4v) is 3.89. The van der Waals surface area contributed by atoms with Gasteiger partial charge < -0.3 is 10.2 Å². The van der Waals surface area contributed by atoms with Gasteiger partial charge in [0.2, 0.25) is 5.91 Å². The Kier molecular flexibility index (Phi) is 6.19. The number of carbonyl (C=O) groups excluding carboxylic acids is 3. The van der Waals surface area contributed by atoms with E-state index in [4.69, 9.17) is 4.98 Å². The highest BCUT2D eigenvalue weighted by molar-refractivity contribution is 6.06. The summed E-state index contributed by atoms with van der Waals surface area (Å²) >= 11 is 0. The molecule has 1 aromatic rings. The molecule has 0 unspecified atom stereocenters. The Morgan fingerprint density at radius 2 is 1.97 bits per heavy atom. The second-order valence-corrected chi connectivity index (χ2v) is 8.76. The van der Waals surface area contributed by atoms with Crippen LogP contribution in [0.1, 0.15) is 76.7 Å². The highest BCUT2D eigenvalue weighted by Gasteiger charge is 2.43. The second kappa shape index (κ2) is 8.47. The quantitative estimate of drug-likeness (QED) is 0.739. The van der Waals surface area contributed by atoms with Crippen LogP contribution in [-0.2, 0) is 9.59 Å². The third-order valence-corrected chi connectivity index (χ3v) is 5.69. The fourth-order valence-electron chi connectivity index (χ4n) is 3.89. The van der Waals surface area contributed by atoms with Gasteiger partial charge in [-0.2, -0.15) is 0 Å².